The number of aromatic nitrogens is 4. The third kappa shape index (κ3) is 4.52. The van der Waals surface area contributed by atoms with Gasteiger partial charge in [-0.25, -0.2) is 9.07 Å². The average molecular weight is 394 g/mol. The second kappa shape index (κ2) is 8.80. The Labute approximate surface area is 170 Å². The van der Waals surface area contributed by atoms with Gasteiger partial charge in [0.2, 0.25) is 0 Å². The molecule has 1 atom stereocenters. The SMILES string of the molecule is CC(C)n1nnnc1[C@H](c1ccc(F)cc1)N1CCN(Cc2ccccc2)CC1. The van der Waals surface area contributed by atoms with Crippen LogP contribution < -0.4 is 0 Å². The van der Waals surface area contributed by atoms with Crippen LogP contribution >= 0.6 is 0 Å². The van der Waals surface area contributed by atoms with Crippen LogP contribution in [0.5, 0.6) is 0 Å². The molecule has 29 heavy (non-hydrogen) atoms. The molecule has 1 aromatic heterocycles. The fourth-order valence-corrected chi connectivity index (χ4v) is 3.94. The highest BCUT2D eigenvalue weighted by Crippen LogP contribution is 2.29. The van der Waals surface area contributed by atoms with Crippen LogP contribution in [0.2, 0.25) is 0 Å². The molecule has 3 aromatic rings. The van der Waals surface area contributed by atoms with E-state index in [4.69, 9.17) is 0 Å². The highest BCUT2D eigenvalue weighted by Gasteiger charge is 2.31. The first-order chi connectivity index (χ1) is 14.1. The van der Waals surface area contributed by atoms with Crippen molar-refractivity contribution in [3.63, 3.8) is 0 Å². The van der Waals surface area contributed by atoms with E-state index in [0.717, 1.165) is 44.1 Å². The minimum Gasteiger partial charge on any atom is -0.297 e. The lowest BCUT2D eigenvalue weighted by molar-refractivity contribution is 0.0996. The molecular weight excluding hydrogens is 367 g/mol. The van der Waals surface area contributed by atoms with Crippen molar-refractivity contribution in [2.75, 3.05) is 26.2 Å². The molecule has 6 nitrogen and oxygen atoms in total. The van der Waals surface area contributed by atoms with Gasteiger partial charge in [-0.15, -0.1) is 5.10 Å². The minimum atomic E-state index is -0.233. The first-order valence-corrected chi connectivity index (χ1v) is 10.2. The molecule has 0 saturated carbocycles. The van der Waals surface area contributed by atoms with Gasteiger partial charge >= 0.3 is 0 Å². The summed E-state index contributed by atoms with van der Waals surface area (Å²) in [5.74, 6) is 0.576. The van der Waals surface area contributed by atoms with Crippen molar-refractivity contribution >= 4 is 0 Å². The fourth-order valence-electron chi connectivity index (χ4n) is 3.94. The van der Waals surface area contributed by atoms with Gasteiger partial charge < -0.3 is 0 Å². The monoisotopic (exact) mass is 394 g/mol. The molecule has 2 heterocycles. The van der Waals surface area contributed by atoms with Crippen molar-refractivity contribution in [1.29, 1.82) is 0 Å². The highest BCUT2D eigenvalue weighted by molar-refractivity contribution is 5.26. The number of halogens is 1. The maximum atomic E-state index is 13.5. The molecule has 7 heteroatoms. The van der Waals surface area contributed by atoms with Crippen molar-refractivity contribution in [2.45, 2.75) is 32.5 Å². The molecule has 0 radical (unpaired) electrons. The summed E-state index contributed by atoms with van der Waals surface area (Å²) in [6, 6.07) is 17.3. The van der Waals surface area contributed by atoms with Crippen LogP contribution in [0.3, 0.4) is 0 Å². The van der Waals surface area contributed by atoms with E-state index in [1.807, 2.05) is 22.9 Å². The Kier molecular flexibility index (Phi) is 5.97. The molecular formula is C22H27FN6. The van der Waals surface area contributed by atoms with Gasteiger partial charge in [-0.05, 0) is 47.5 Å². The summed E-state index contributed by atoms with van der Waals surface area (Å²) >= 11 is 0. The van der Waals surface area contributed by atoms with Crippen LogP contribution in [0.4, 0.5) is 4.39 Å². The molecule has 1 aliphatic rings. The summed E-state index contributed by atoms with van der Waals surface area (Å²) < 4.78 is 15.4. The Morgan fingerprint density at radius 2 is 1.62 bits per heavy atom. The summed E-state index contributed by atoms with van der Waals surface area (Å²) in [5, 5.41) is 12.5. The van der Waals surface area contributed by atoms with E-state index in [-0.39, 0.29) is 17.9 Å². The zero-order chi connectivity index (χ0) is 20.2. The predicted molar refractivity (Wildman–Crippen MR) is 110 cm³/mol. The number of nitrogens with zero attached hydrogens (tertiary/aromatic N) is 6. The van der Waals surface area contributed by atoms with Crippen LogP contribution in [0, 0.1) is 5.82 Å². The molecule has 0 N–H and O–H groups in total. The second-order valence-electron chi connectivity index (χ2n) is 7.83. The third-order valence-electron chi connectivity index (χ3n) is 5.46. The van der Waals surface area contributed by atoms with E-state index >= 15 is 0 Å². The molecule has 2 aromatic carbocycles. The van der Waals surface area contributed by atoms with E-state index in [1.165, 1.54) is 17.7 Å². The highest BCUT2D eigenvalue weighted by atomic mass is 19.1. The van der Waals surface area contributed by atoms with Crippen molar-refractivity contribution in [2.24, 2.45) is 0 Å². The molecule has 0 amide bonds. The summed E-state index contributed by atoms with van der Waals surface area (Å²) in [6.07, 6.45) is 0. The first kappa shape index (κ1) is 19.7. The number of benzene rings is 2. The Balaban J connectivity index is 1.54. The third-order valence-corrected chi connectivity index (χ3v) is 5.46. The minimum absolute atomic E-state index is 0.0909. The first-order valence-electron chi connectivity index (χ1n) is 10.2. The number of piperazine rings is 1. The van der Waals surface area contributed by atoms with Crippen LogP contribution in [0.15, 0.2) is 54.6 Å². The zero-order valence-corrected chi connectivity index (χ0v) is 16.9. The molecule has 1 aliphatic heterocycles. The molecule has 0 aliphatic carbocycles. The van der Waals surface area contributed by atoms with Crippen molar-refractivity contribution < 1.29 is 4.39 Å². The molecule has 0 bridgehead atoms. The molecule has 0 spiro atoms. The Morgan fingerprint density at radius 1 is 0.931 bits per heavy atom. The van der Waals surface area contributed by atoms with Gasteiger partial charge in [-0.1, -0.05) is 42.5 Å². The van der Waals surface area contributed by atoms with Crippen LogP contribution in [0.1, 0.15) is 42.9 Å². The Hall–Kier alpha value is -2.64. The molecule has 0 unspecified atom stereocenters. The maximum Gasteiger partial charge on any atom is 0.173 e. The van der Waals surface area contributed by atoms with Gasteiger partial charge in [-0.3, -0.25) is 9.80 Å². The zero-order valence-electron chi connectivity index (χ0n) is 16.9. The van der Waals surface area contributed by atoms with Gasteiger partial charge in [0.05, 0.1) is 12.1 Å². The van der Waals surface area contributed by atoms with Crippen molar-refractivity contribution in [3.05, 3.63) is 77.4 Å². The number of tetrazole rings is 1. The lowest BCUT2D eigenvalue weighted by Gasteiger charge is -2.39. The van der Waals surface area contributed by atoms with E-state index in [2.05, 4.69) is 63.4 Å². The molecule has 152 valence electrons. The molecule has 1 fully saturated rings. The maximum absolute atomic E-state index is 13.5. The van der Waals surface area contributed by atoms with Gasteiger partial charge in [0, 0.05) is 32.7 Å². The lowest BCUT2D eigenvalue weighted by Crippen LogP contribution is -2.48. The quantitative estimate of drug-likeness (QED) is 0.642. The van der Waals surface area contributed by atoms with E-state index in [0.29, 0.717) is 0 Å². The second-order valence-corrected chi connectivity index (χ2v) is 7.83. The fraction of sp³-hybridized carbons (Fsp3) is 0.409. The van der Waals surface area contributed by atoms with Gasteiger partial charge in [0.15, 0.2) is 5.82 Å². The standard InChI is InChI=1S/C22H27FN6/c1-17(2)29-22(24-25-26-29)21(19-8-10-20(23)11-9-19)28-14-12-27(13-15-28)16-18-6-4-3-5-7-18/h3-11,17,21H,12-16H2,1-2H3/t21-/m0/s1. The summed E-state index contributed by atoms with van der Waals surface area (Å²) in [5.41, 5.74) is 2.35. The predicted octanol–water partition coefficient (Wildman–Crippen LogP) is 3.30. The van der Waals surface area contributed by atoms with Gasteiger partial charge in [0.1, 0.15) is 5.82 Å². The summed E-state index contributed by atoms with van der Waals surface area (Å²) in [6.45, 7) is 8.84. The van der Waals surface area contributed by atoms with E-state index in [9.17, 15) is 4.39 Å². The summed E-state index contributed by atoms with van der Waals surface area (Å²) in [7, 11) is 0. The van der Waals surface area contributed by atoms with Gasteiger partial charge in [0.25, 0.3) is 0 Å². The van der Waals surface area contributed by atoms with Gasteiger partial charge in [-0.2, -0.15) is 0 Å². The molecule has 1 saturated heterocycles. The van der Waals surface area contributed by atoms with E-state index in [1.54, 1.807) is 0 Å². The smallest absolute Gasteiger partial charge is 0.173 e. The topological polar surface area (TPSA) is 50.1 Å². The number of hydrogen-bond acceptors (Lipinski definition) is 5. The largest absolute Gasteiger partial charge is 0.297 e. The van der Waals surface area contributed by atoms with Crippen molar-refractivity contribution in [3.8, 4) is 0 Å². The van der Waals surface area contributed by atoms with Crippen LogP contribution in [-0.2, 0) is 6.54 Å². The Morgan fingerprint density at radius 3 is 2.28 bits per heavy atom. The number of rotatable bonds is 6. The normalized spacial score (nSPS) is 17.0. The Bertz CT molecular complexity index is 901. The average Bonchev–Trinajstić information content (AvgIpc) is 3.21. The van der Waals surface area contributed by atoms with Crippen LogP contribution in [0.25, 0.3) is 0 Å². The van der Waals surface area contributed by atoms with Crippen molar-refractivity contribution in [1.82, 2.24) is 30.0 Å². The lowest BCUT2D eigenvalue weighted by atomic mass is 10.0. The molecule has 4 rings (SSSR count). The van der Waals surface area contributed by atoms with Crippen LogP contribution in [-0.4, -0.2) is 56.2 Å². The van der Waals surface area contributed by atoms with E-state index < -0.39 is 0 Å². The number of hydrogen-bond donors (Lipinski definition) is 0. The summed E-state index contributed by atoms with van der Waals surface area (Å²) in [4.78, 5) is 4.87.